The van der Waals surface area contributed by atoms with Crippen molar-refractivity contribution in [3.63, 3.8) is 0 Å². The van der Waals surface area contributed by atoms with Gasteiger partial charge in [0.1, 0.15) is 18.7 Å². The molecule has 1 aromatic carbocycles. The average Bonchev–Trinajstić information content (AvgIpc) is 2.80. The highest BCUT2D eigenvalue weighted by atomic mass is 16.5. The van der Waals surface area contributed by atoms with Crippen LogP contribution in [-0.4, -0.2) is 36.5 Å². The van der Waals surface area contributed by atoms with Gasteiger partial charge in [0.25, 0.3) is 0 Å². The van der Waals surface area contributed by atoms with E-state index in [-0.39, 0.29) is 24.3 Å². The molecule has 3 N–H and O–H groups in total. The van der Waals surface area contributed by atoms with Crippen LogP contribution in [0.1, 0.15) is 84.6 Å². The summed E-state index contributed by atoms with van der Waals surface area (Å²) in [5.41, 5.74) is 0.866. The van der Waals surface area contributed by atoms with Crippen molar-refractivity contribution in [2.75, 3.05) is 6.54 Å². The van der Waals surface area contributed by atoms with Gasteiger partial charge in [-0.2, -0.15) is 0 Å². The van der Waals surface area contributed by atoms with Gasteiger partial charge in [-0.25, -0.2) is 4.79 Å². The Morgan fingerprint density at radius 3 is 2.15 bits per heavy atom. The maximum atomic E-state index is 12.9. The molecule has 7 nitrogen and oxygen atoms in total. The third-order valence-electron chi connectivity index (χ3n) is 5.40. The number of carbonyl (C=O) groups excluding carboxylic acids is 3. The zero-order chi connectivity index (χ0) is 24.5. The maximum Gasteiger partial charge on any atom is 0.408 e. The number of nitrogens with one attached hydrogen (secondary N) is 3. The first-order valence-corrected chi connectivity index (χ1v) is 12.4. The van der Waals surface area contributed by atoms with Gasteiger partial charge in [-0.15, -0.1) is 0 Å². The van der Waals surface area contributed by atoms with Crippen LogP contribution in [0.25, 0.3) is 0 Å². The fraction of sp³-hybridized carbons (Fsp3) is 0.654. The smallest absolute Gasteiger partial charge is 0.408 e. The minimum atomic E-state index is -0.770. The summed E-state index contributed by atoms with van der Waals surface area (Å²) in [5, 5.41) is 8.38. The summed E-state index contributed by atoms with van der Waals surface area (Å²) in [5.74, 6) is -0.381. The summed E-state index contributed by atoms with van der Waals surface area (Å²) in [6.45, 7) is 8.73. The highest BCUT2D eigenvalue weighted by Crippen LogP contribution is 2.08. The normalized spacial score (nSPS) is 12.6. The molecular formula is C26H43N3O4. The Kier molecular flexibility index (Phi) is 14.6. The van der Waals surface area contributed by atoms with E-state index in [0.29, 0.717) is 19.4 Å². The predicted molar refractivity (Wildman–Crippen MR) is 132 cm³/mol. The molecule has 0 aromatic heterocycles. The second-order valence-corrected chi connectivity index (χ2v) is 8.92. The average molecular weight is 462 g/mol. The Balaban J connectivity index is 2.51. The third kappa shape index (κ3) is 12.9. The van der Waals surface area contributed by atoms with Crippen LogP contribution in [0.2, 0.25) is 0 Å². The van der Waals surface area contributed by atoms with Crippen molar-refractivity contribution in [3.05, 3.63) is 35.9 Å². The fourth-order valence-corrected chi connectivity index (χ4v) is 3.48. The molecule has 3 amide bonds. The number of rotatable bonds is 16. The molecule has 0 bridgehead atoms. The van der Waals surface area contributed by atoms with Gasteiger partial charge in [-0.3, -0.25) is 9.59 Å². The van der Waals surface area contributed by atoms with Crippen LogP contribution in [0.4, 0.5) is 4.79 Å². The summed E-state index contributed by atoms with van der Waals surface area (Å²) in [6, 6.07) is 7.95. The molecule has 1 rings (SSSR count). The second-order valence-electron chi connectivity index (χ2n) is 8.92. The van der Waals surface area contributed by atoms with Gasteiger partial charge >= 0.3 is 6.09 Å². The SMILES string of the molecule is CCCCCCCCNC(=O)[C@H](CC)NC(=O)[C@H](CC(C)C)NC(=O)OCc1ccccc1. The lowest BCUT2D eigenvalue weighted by molar-refractivity contribution is -0.130. The Bertz CT molecular complexity index is 694. The summed E-state index contributed by atoms with van der Waals surface area (Å²) in [6.07, 6.45) is 7.17. The van der Waals surface area contributed by atoms with E-state index >= 15 is 0 Å². The van der Waals surface area contributed by atoms with Crippen molar-refractivity contribution < 1.29 is 19.1 Å². The second kappa shape index (κ2) is 17.0. The fourth-order valence-electron chi connectivity index (χ4n) is 3.48. The molecule has 2 atom stereocenters. The minimum absolute atomic E-state index is 0.126. The van der Waals surface area contributed by atoms with E-state index in [1.165, 1.54) is 25.7 Å². The van der Waals surface area contributed by atoms with Crippen molar-refractivity contribution in [1.29, 1.82) is 0 Å². The monoisotopic (exact) mass is 461 g/mol. The van der Waals surface area contributed by atoms with Gasteiger partial charge < -0.3 is 20.7 Å². The molecule has 0 radical (unpaired) electrons. The van der Waals surface area contributed by atoms with Gasteiger partial charge in [0.15, 0.2) is 0 Å². The molecule has 0 saturated heterocycles. The Labute approximate surface area is 199 Å². The van der Waals surface area contributed by atoms with Crippen LogP contribution >= 0.6 is 0 Å². The molecule has 7 heteroatoms. The lowest BCUT2D eigenvalue weighted by Crippen LogP contribution is -2.54. The number of unbranched alkanes of at least 4 members (excludes halogenated alkanes) is 5. The lowest BCUT2D eigenvalue weighted by Gasteiger charge is -2.23. The molecule has 0 aliphatic heterocycles. The molecule has 0 aliphatic rings. The van der Waals surface area contributed by atoms with E-state index in [0.717, 1.165) is 18.4 Å². The van der Waals surface area contributed by atoms with Gasteiger partial charge in [0.05, 0.1) is 0 Å². The van der Waals surface area contributed by atoms with E-state index in [1.54, 1.807) is 0 Å². The number of amides is 3. The predicted octanol–water partition coefficient (Wildman–Crippen LogP) is 4.70. The molecule has 186 valence electrons. The molecule has 0 heterocycles. The molecule has 0 aliphatic carbocycles. The van der Waals surface area contributed by atoms with Crippen molar-refractivity contribution in [2.24, 2.45) is 5.92 Å². The number of carbonyl (C=O) groups is 3. The first-order valence-electron chi connectivity index (χ1n) is 12.4. The summed E-state index contributed by atoms with van der Waals surface area (Å²) in [7, 11) is 0. The molecule has 33 heavy (non-hydrogen) atoms. The number of hydrogen-bond acceptors (Lipinski definition) is 4. The van der Waals surface area contributed by atoms with Gasteiger partial charge in [-0.05, 0) is 30.7 Å². The Morgan fingerprint density at radius 2 is 1.52 bits per heavy atom. The molecule has 0 unspecified atom stereocenters. The van der Waals surface area contributed by atoms with Gasteiger partial charge in [0.2, 0.25) is 11.8 Å². The van der Waals surface area contributed by atoms with Crippen LogP contribution in [-0.2, 0) is 20.9 Å². The zero-order valence-electron chi connectivity index (χ0n) is 20.8. The van der Waals surface area contributed by atoms with Gasteiger partial charge in [0, 0.05) is 6.54 Å². The summed E-state index contributed by atoms with van der Waals surface area (Å²) < 4.78 is 5.26. The van der Waals surface area contributed by atoms with Crippen molar-refractivity contribution in [2.45, 2.75) is 97.8 Å². The lowest BCUT2D eigenvalue weighted by atomic mass is 10.0. The molecule has 1 aromatic rings. The number of ether oxygens (including phenoxy) is 1. The Hall–Kier alpha value is -2.57. The maximum absolute atomic E-state index is 12.9. The zero-order valence-corrected chi connectivity index (χ0v) is 20.8. The van der Waals surface area contributed by atoms with E-state index in [9.17, 15) is 14.4 Å². The van der Waals surface area contributed by atoms with Crippen molar-refractivity contribution in [3.8, 4) is 0 Å². The standard InChI is InChI=1S/C26H43N3O4/c1-5-7-8-9-10-14-17-27-24(30)22(6-2)28-25(31)23(18-20(3)4)29-26(32)33-19-21-15-12-11-13-16-21/h11-13,15-16,20,22-23H,5-10,14,17-19H2,1-4H3,(H,27,30)(H,28,31)(H,29,32)/t22-,23-/m0/s1. The van der Waals surface area contributed by atoms with Crippen LogP contribution in [0.15, 0.2) is 30.3 Å². The molecule has 0 saturated carbocycles. The first kappa shape index (κ1) is 28.5. The van der Waals surface area contributed by atoms with E-state index in [4.69, 9.17) is 4.74 Å². The van der Waals surface area contributed by atoms with Crippen LogP contribution in [0.5, 0.6) is 0 Å². The van der Waals surface area contributed by atoms with E-state index in [1.807, 2.05) is 51.1 Å². The number of benzene rings is 1. The minimum Gasteiger partial charge on any atom is -0.445 e. The van der Waals surface area contributed by atoms with Crippen LogP contribution < -0.4 is 16.0 Å². The van der Waals surface area contributed by atoms with E-state index < -0.39 is 18.2 Å². The van der Waals surface area contributed by atoms with Crippen LogP contribution in [0.3, 0.4) is 0 Å². The third-order valence-corrected chi connectivity index (χ3v) is 5.40. The highest BCUT2D eigenvalue weighted by Gasteiger charge is 2.26. The largest absolute Gasteiger partial charge is 0.445 e. The summed E-state index contributed by atoms with van der Waals surface area (Å²) >= 11 is 0. The first-order chi connectivity index (χ1) is 15.9. The quantitative estimate of drug-likeness (QED) is 0.311. The molecular weight excluding hydrogens is 418 g/mol. The molecule has 0 fully saturated rings. The van der Waals surface area contributed by atoms with Crippen LogP contribution in [0, 0.1) is 5.92 Å². The number of alkyl carbamates (subject to hydrolysis) is 1. The van der Waals surface area contributed by atoms with Gasteiger partial charge in [-0.1, -0.05) is 90.1 Å². The van der Waals surface area contributed by atoms with Crippen molar-refractivity contribution >= 4 is 17.9 Å². The number of hydrogen-bond donors (Lipinski definition) is 3. The topological polar surface area (TPSA) is 96.5 Å². The van der Waals surface area contributed by atoms with E-state index in [2.05, 4.69) is 22.9 Å². The van der Waals surface area contributed by atoms with Crippen molar-refractivity contribution in [1.82, 2.24) is 16.0 Å². The highest BCUT2D eigenvalue weighted by molar-refractivity contribution is 5.91. The Morgan fingerprint density at radius 1 is 0.848 bits per heavy atom. The summed E-state index contributed by atoms with van der Waals surface area (Å²) in [4.78, 5) is 37.7. The molecule has 0 spiro atoms.